The van der Waals surface area contributed by atoms with E-state index in [1.807, 2.05) is 0 Å². The molecule has 10 heteroatoms. The fourth-order valence-electron chi connectivity index (χ4n) is 6.80. The Morgan fingerprint density at radius 1 is 0.481 bits per heavy atom. The lowest BCUT2D eigenvalue weighted by Crippen LogP contribution is -2.55. The van der Waals surface area contributed by atoms with Crippen molar-refractivity contribution in [2.24, 2.45) is 5.92 Å². The SMILES string of the molecule is CCCCCCCCCCCCCCCCCC(O)C(CCCCCCCCCCCCCCCC)C(=O)OC(O)(OC(O)C(O)CO)C(O)CO. The molecule has 0 aliphatic carbocycles. The number of unbranched alkanes of at least 4 members (excludes halogenated alkanes) is 27. The highest BCUT2D eigenvalue weighted by Gasteiger charge is 2.46. The Balaban J connectivity index is 4.75. The summed E-state index contributed by atoms with van der Waals surface area (Å²) in [5, 5.41) is 70.3. The maximum atomic E-state index is 13.4. The Kier molecular flexibility index (Phi) is 35.2. The first kappa shape index (κ1) is 51.1. The smallest absolute Gasteiger partial charge is 0.358 e. The van der Waals surface area contributed by atoms with Crippen LogP contribution >= 0.6 is 0 Å². The summed E-state index contributed by atoms with van der Waals surface area (Å²) in [5.74, 6) is -5.27. The van der Waals surface area contributed by atoms with Crippen LogP contribution in [0.1, 0.15) is 213 Å². The van der Waals surface area contributed by atoms with E-state index in [1.165, 1.54) is 135 Å². The molecule has 6 unspecified atom stereocenters. The molecule has 0 aliphatic rings. The lowest BCUT2D eigenvalue weighted by molar-refractivity contribution is -0.424. The zero-order valence-electron chi connectivity index (χ0n) is 33.6. The van der Waals surface area contributed by atoms with Crippen LogP contribution in [0.25, 0.3) is 0 Å². The molecule has 0 aliphatic heterocycles. The van der Waals surface area contributed by atoms with Crippen molar-refractivity contribution in [3.8, 4) is 0 Å². The van der Waals surface area contributed by atoms with Crippen molar-refractivity contribution in [2.45, 2.75) is 243 Å². The number of carbonyl (C=O) groups excluding carboxylic acids is 1. The molecule has 0 bridgehead atoms. The minimum atomic E-state index is -3.20. The van der Waals surface area contributed by atoms with Gasteiger partial charge in [0.05, 0.1) is 25.2 Å². The number of rotatable bonds is 40. The van der Waals surface area contributed by atoms with Crippen molar-refractivity contribution < 1.29 is 50.0 Å². The third-order valence-corrected chi connectivity index (χ3v) is 10.4. The third-order valence-electron chi connectivity index (χ3n) is 10.4. The maximum absolute atomic E-state index is 13.4. The lowest BCUT2D eigenvalue weighted by Gasteiger charge is -2.35. The van der Waals surface area contributed by atoms with Gasteiger partial charge in [0.1, 0.15) is 6.10 Å². The molecule has 10 nitrogen and oxygen atoms in total. The summed E-state index contributed by atoms with van der Waals surface area (Å²) in [6, 6.07) is 0. The standard InChI is InChI=1S/C42H84O10/c1-3-5-7-9-11-13-15-17-19-21-23-25-27-29-31-33-37(45)36(32-30-28-26-24-22-20-18-16-14-12-10-8-6-4-2)40(48)51-42(50,39(47)35-44)52-41(49)38(46)34-43/h36-39,41,43-47,49-50H,3-35H2,1-2H3. The predicted octanol–water partition coefficient (Wildman–Crippen LogP) is 8.33. The van der Waals surface area contributed by atoms with Crippen LogP contribution in [-0.4, -0.2) is 85.5 Å². The largest absolute Gasteiger partial charge is 0.405 e. The van der Waals surface area contributed by atoms with Crippen LogP contribution < -0.4 is 0 Å². The molecule has 0 aromatic carbocycles. The first-order valence-corrected chi connectivity index (χ1v) is 21.7. The third kappa shape index (κ3) is 27.7. The number of hydrogen-bond acceptors (Lipinski definition) is 10. The van der Waals surface area contributed by atoms with Crippen LogP contribution in [0, 0.1) is 5.92 Å². The van der Waals surface area contributed by atoms with Gasteiger partial charge in [0.2, 0.25) is 0 Å². The van der Waals surface area contributed by atoms with Crippen molar-refractivity contribution in [3.63, 3.8) is 0 Å². The zero-order chi connectivity index (χ0) is 38.7. The molecule has 0 heterocycles. The van der Waals surface area contributed by atoms with Gasteiger partial charge in [0, 0.05) is 0 Å². The Hall–Kier alpha value is -0.850. The molecule has 0 radical (unpaired) electrons. The number of esters is 1. The maximum Gasteiger partial charge on any atom is 0.358 e. The highest BCUT2D eigenvalue weighted by atomic mass is 16.9. The van der Waals surface area contributed by atoms with Crippen molar-refractivity contribution in [1.29, 1.82) is 0 Å². The van der Waals surface area contributed by atoms with Crippen LogP contribution in [-0.2, 0) is 14.3 Å². The molecule has 0 saturated heterocycles. The molecule has 0 fully saturated rings. The number of carbonyl (C=O) groups is 1. The summed E-state index contributed by atoms with van der Waals surface area (Å²) < 4.78 is 9.94. The summed E-state index contributed by atoms with van der Waals surface area (Å²) in [6.07, 6.45) is 28.2. The normalized spacial score (nSPS) is 15.9. The van der Waals surface area contributed by atoms with Gasteiger partial charge in [-0.3, -0.25) is 9.53 Å². The zero-order valence-corrected chi connectivity index (χ0v) is 33.6. The number of aliphatic hydroxyl groups excluding tert-OH is 6. The summed E-state index contributed by atoms with van der Waals surface area (Å²) in [5.41, 5.74) is 0. The van der Waals surface area contributed by atoms with E-state index in [-0.39, 0.29) is 0 Å². The van der Waals surface area contributed by atoms with Gasteiger partial charge in [-0.25, -0.2) is 0 Å². The minimum absolute atomic E-state index is 0.296. The predicted molar refractivity (Wildman–Crippen MR) is 208 cm³/mol. The van der Waals surface area contributed by atoms with E-state index in [1.54, 1.807) is 0 Å². The van der Waals surface area contributed by atoms with Crippen LogP contribution in [0.5, 0.6) is 0 Å². The Labute approximate surface area is 318 Å². The minimum Gasteiger partial charge on any atom is -0.405 e. The van der Waals surface area contributed by atoms with E-state index in [4.69, 9.17) is 14.6 Å². The molecule has 0 aromatic heterocycles. The van der Waals surface area contributed by atoms with Gasteiger partial charge < -0.3 is 40.5 Å². The van der Waals surface area contributed by atoms with E-state index in [2.05, 4.69) is 13.8 Å². The van der Waals surface area contributed by atoms with E-state index in [0.29, 0.717) is 19.3 Å². The second-order valence-corrected chi connectivity index (χ2v) is 15.3. The molecule has 0 spiro atoms. The lowest BCUT2D eigenvalue weighted by atomic mass is 9.91. The molecule has 0 rings (SSSR count). The van der Waals surface area contributed by atoms with Gasteiger partial charge in [-0.2, -0.15) is 0 Å². The average molecular weight is 749 g/mol. The fraction of sp³-hybridized carbons (Fsp3) is 0.976. The molecule has 0 amide bonds. The first-order valence-electron chi connectivity index (χ1n) is 21.7. The van der Waals surface area contributed by atoms with Crippen LogP contribution in [0.2, 0.25) is 0 Å². The Morgan fingerprint density at radius 2 is 0.808 bits per heavy atom. The topological polar surface area (TPSA) is 177 Å². The van der Waals surface area contributed by atoms with Gasteiger partial charge in [0.25, 0.3) is 0 Å². The molecular weight excluding hydrogens is 664 g/mol. The quantitative estimate of drug-likeness (QED) is 0.0183. The average Bonchev–Trinajstić information content (AvgIpc) is 3.13. The second kappa shape index (κ2) is 35.8. The van der Waals surface area contributed by atoms with Gasteiger partial charge in [0.15, 0.2) is 12.4 Å². The summed E-state index contributed by atoms with van der Waals surface area (Å²) >= 11 is 0. The Bertz CT molecular complexity index is 771. The number of aliphatic hydroxyl groups is 7. The van der Waals surface area contributed by atoms with E-state index < -0.39 is 55.7 Å². The van der Waals surface area contributed by atoms with Gasteiger partial charge in [-0.1, -0.05) is 200 Å². The molecule has 6 atom stereocenters. The van der Waals surface area contributed by atoms with Crippen molar-refractivity contribution in [1.82, 2.24) is 0 Å². The van der Waals surface area contributed by atoms with Gasteiger partial charge in [-0.05, 0) is 12.8 Å². The monoisotopic (exact) mass is 749 g/mol. The number of ether oxygens (including phenoxy) is 2. The van der Waals surface area contributed by atoms with E-state index in [0.717, 1.165) is 44.9 Å². The molecule has 312 valence electrons. The molecule has 0 aromatic rings. The highest BCUT2D eigenvalue weighted by molar-refractivity contribution is 5.73. The summed E-state index contributed by atoms with van der Waals surface area (Å²) in [7, 11) is 0. The van der Waals surface area contributed by atoms with E-state index in [9.17, 15) is 35.4 Å². The van der Waals surface area contributed by atoms with Crippen LogP contribution in [0.4, 0.5) is 0 Å². The molecule has 0 saturated carbocycles. The summed E-state index contributed by atoms with van der Waals surface area (Å²) in [6.45, 7) is 2.47. The van der Waals surface area contributed by atoms with Gasteiger partial charge in [-0.15, -0.1) is 0 Å². The summed E-state index contributed by atoms with van der Waals surface area (Å²) in [4.78, 5) is 13.4. The fourth-order valence-corrected chi connectivity index (χ4v) is 6.80. The molecule has 7 N–H and O–H groups in total. The van der Waals surface area contributed by atoms with Crippen molar-refractivity contribution >= 4 is 5.97 Å². The molecule has 52 heavy (non-hydrogen) atoms. The highest BCUT2D eigenvalue weighted by Crippen LogP contribution is 2.26. The van der Waals surface area contributed by atoms with Crippen LogP contribution in [0.3, 0.4) is 0 Å². The second-order valence-electron chi connectivity index (χ2n) is 15.3. The molecular formula is C42H84O10. The first-order chi connectivity index (χ1) is 25.2. The van der Waals surface area contributed by atoms with Crippen LogP contribution in [0.15, 0.2) is 0 Å². The Morgan fingerprint density at radius 3 is 1.13 bits per heavy atom. The number of hydrogen-bond donors (Lipinski definition) is 7. The van der Waals surface area contributed by atoms with Gasteiger partial charge >= 0.3 is 11.9 Å². The van der Waals surface area contributed by atoms with Crippen molar-refractivity contribution in [2.75, 3.05) is 13.2 Å². The van der Waals surface area contributed by atoms with E-state index >= 15 is 0 Å². The van der Waals surface area contributed by atoms with Crippen molar-refractivity contribution in [3.05, 3.63) is 0 Å².